The van der Waals surface area contributed by atoms with Gasteiger partial charge in [-0.15, -0.1) is 0 Å². The Bertz CT molecular complexity index is 502. The van der Waals surface area contributed by atoms with Crippen molar-refractivity contribution in [2.45, 2.75) is 26.2 Å². The van der Waals surface area contributed by atoms with Gasteiger partial charge in [0, 0.05) is 12.5 Å². The fraction of sp³-hybridized carbons (Fsp3) is 0.294. The van der Waals surface area contributed by atoms with Crippen LogP contribution in [0.4, 0.5) is 0 Å². The Morgan fingerprint density at radius 3 is 2.39 bits per heavy atom. The van der Waals surface area contributed by atoms with Gasteiger partial charge in [-0.25, -0.2) is 0 Å². The molecule has 2 aromatic rings. The van der Waals surface area contributed by atoms with Crippen LogP contribution in [0.2, 0.25) is 0 Å². The van der Waals surface area contributed by atoms with Crippen molar-refractivity contribution in [2.24, 2.45) is 0 Å². The Labute approximate surface area is 109 Å². The number of aliphatic hydroxyl groups excluding tert-OH is 1. The number of aliphatic hydroxyl groups is 1. The van der Waals surface area contributed by atoms with Gasteiger partial charge in [0.1, 0.15) is 0 Å². The van der Waals surface area contributed by atoms with E-state index in [1.165, 1.54) is 22.3 Å². The van der Waals surface area contributed by atoms with E-state index in [9.17, 15) is 5.11 Å². The second kappa shape index (κ2) is 5.83. The number of rotatable bonds is 4. The van der Waals surface area contributed by atoms with Crippen LogP contribution in [-0.4, -0.2) is 11.7 Å². The van der Waals surface area contributed by atoms with Gasteiger partial charge in [-0.05, 0) is 37.0 Å². The van der Waals surface area contributed by atoms with E-state index in [1.54, 1.807) is 0 Å². The van der Waals surface area contributed by atoms with Crippen molar-refractivity contribution in [1.82, 2.24) is 0 Å². The molecule has 1 nitrogen and oxygen atoms in total. The maximum Gasteiger partial charge on any atom is 0.0440 e. The van der Waals surface area contributed by atoms with E-state index < -0.39 is 0 Å². The van der Waals surface area contributed by atoms with Crippen LogP contribution in [0.1, 0.15) is 34.6 Å². The van der Waals surface area contributed by atoms with E-state index >= 15 is 0 Å². The standard InChI is InChI=1S/C17H20O/c1-13-8-9-14(2)17(12-13)16(10-11-18)15-6-4-3-5-7-15/h3-9,12,16,18H,10-11H2,1-2H3. The third-order valence-electron chi connectivity index (χ3n) is 3.43. The smallest absolute Gasteiger partial charge is 0.0440 e. The van der Waals surface area contributed by atoms with Gasteiger partial charge in [-0.2, -0.15) is 0 Å². The van der Waals surface area contributed by atoms with Crippen molar-refractivity contribution in [3.8, 4) is 0 Å². The first-order valence-electron chi connectivity index (χ1n) is 6.45. The Balaban J connectivity index is 2.44. The van der Waals surface area contributed by atoms with E-state index in [1.807, 2.05) is 6.07 Å². The van der Waals surface area contributed by atoms with E-state index in [0.717, 1.165) is 6.42 Å². The van der Waals surface area contributed by atoms with Gasteiger partial charge in [0.25, 0.3) is 0 Å². The minimum atomic E-state index is 0.215. The molecule has 0 aliphatic heterocycles. The molecule has 18 heavy (non-hydrogen) atoms. The minimum Gasteiger partial charge on any atom is -0.396 e. The molecule has 0 aromatic heterocycles. The largest absolute Gasteiger partial charge is 0.396 e. The molecule has 0 radical (unpaired) electrons. The van der Waals surface area contributed by atoms with Gasteiger partial charge in [-0.3, -0.25) is 0 Å². The lowest BCUT2D eigenvalue weighted by Gasteiger charge is -2.19. The van der Waals surface area contributed by atoms with Crippen LogP contribution >= 0.6 is 0 Å². The number of benzene rings is 2. The van der Waals surface area contributed by atoms with Crippen molar-refractivity contribution in [1.29, 1.82) is 0 Å². The molecular formula is C17H20O. The van der Waals surface area contributed by atoms with Crippen LogP contribution in [0, 0.1) is 13.8 Å². The maximum absolute atomic E-state index is 9.32. The van der Waals surface area contributed by atoms with E-state index in [-0.39, 0.29) is 12.5 Å². The number of aryl methyl sites for hydroxylation is 2. The van der Waals surface area contributed by atoms with Crippen LogP contribution in [0.3, 0.4) is 0 Å². The van der Waals surface area contributed by atoms with Gasteiger partial charge in [0.2, 0.25) is 0 Å². The van der Waals surface area contributed by atoms with Crippen molar-refractivity contribution in [2.75, 3.05) is 6.61 Å². The first kappa shape index (κ1) is 12.8. The molecule has 0 fully saturated rings. The Morgan fingerprint density at radius 2 is 1.72 bits per heavy atom. The minimum absolute atomic E-state index is 0.215. The SMILES string of the molecule is Cc1ccc(C)c(C(CCO)c2ccccc2)c1. The number of hydrogen-bond donors (Lipinski definition) is 1. The third kappa shape index (κ3) is 2.80. The first-order chi connectivity index (χ1) is 8.72. The van der Waals surface area contributed by atoms with Crippen LogP contribution < -0.4 is 0 Å². The van der Waals surface area contributed by atoms with Crippen molar-refractivity contribution in [3.63, 3.8) is 0 Å². The first-order valence-corrected chi connectivity index (χ1v) is 6.45. The monoisotopic (exact) mass is 240 g/mol. The Kier molecular flexibility index (Phi) is 4.16. The second-order valence-electron chi connectivity index (χ2n) is 4.84. The summed E-state index contributed by atoms with van der Waals surface area (Å²) in [6, 6.07) is 17.0. The molecule has 1 unspecified atom stereocenters. The molecule has 0 saturated carbocycles. The van der Waals surface area contributed by atoms with Crippen molar-refractivity contribution < 1.29 is 5.11 Å². The highest BCUT2D eigenvalue weighted by Crippen LogP contribution is 2.30. The zero-order valence-corrected chi connectivity index (χ0v) is 11.1. The van der Waals surface area contributed by atoms with Crippen LogP contribution in [0.5, 0.6) is 0 Å². The van der Waals surface area contributed by atoms with Crippen LogP contribution in [0.15, 0.2) is 48.5 Å². The molecule has 94 valence electrons. The normalized spacial score (nSPS) is 12.4. The lowest BCUT2D eigenvalue weighted by atomic mass is 9.85. The summed E-state index contributed by atoms with van der Waals surface area (Å²) in [5.74, 6) is 0.288. The van der Waals surface area contributed by atoms with E-state index in [0.29, 0.717) is 0 Å². The molecule has 0 bridgehead atoms. The molecule has 0 aliphatic carbocycles. The van der Waals surface area contributed by atoms with E-state index in [2.05, 4.69) is 56.3 Å². The zero-order valence-electron chi connectivity index (χ0n) is 11.1. The van der Waals surface area contributed by atoms with Gasteiger partial charge in [-0.1, -0.05) is 54.1 Å². The van der Waals surface area contributed by atoms with Crippen molar-refractivity contribution in [3.05, 3.63) is 70.8 Å². The predicted octanol–water partition coefficient (Wildman–Crippen LogP) is 3.82. The molecule has 1 atom stereocenters. The summed E-state index contributed by atoms with van der Waals surface area (Å²) in [7, 11) is 0. The maximum atomic E-state index is 9.32. The van der Waals surface area contributed by atoms with Gasteiger partial charge < -0.3 is 5.11 Å². The molecule has 0 saturated heterocycles. The fourth-order valence-corrected chi connectivity index (χ4v) is 2.45. The second-order valence-corrected chi connectivity index (χ2v) is 4.84. The highest BCUT2D eigenvalue weighted by Gasteiger charge is 2.15. The Hall–Kier alpha value is -1.60. The highest BCUT2D eigenvalue weighted by molar-refractivity contribution is 5.39. The molecule has 0 amide bonds. The lowest BCUT2D eigenvalue weighted by Crippen LogP contribution is -2.06. The molecule has 1 heteroatoms. The molecule has 1 N–H and O–H groups in total. The average Bonchev–Trinajstić information content (AvgIpc) is 2.40. The summed E-state index contributed by atoms with van der Waals surface area (Å²) in [6.45, 7) is 4.47. The fourth-order valence-electron chi connectivity index (χ4n) is 2.45. The molecule has 2 rings (SSSR count). The average molecular weight is 240 g/mol. The molecule has 0 spiro atoms. The topological polar surface area (TPSA) is 20.2 Å². The van der Waals surface area contributed by atoms with E-state index in [4.69, 9.17) is 0 Å². The number of hydrogen-bond acceptors (Lipinski definition) is 1. The van der Waals surface area contributed by atoms with Crippen molar-refractivity contribution >= 4 is 0 Å². The summed E-state index contributed by atoms with van der Waals surface area (Å²) in [5.41, 5.74) is 5.17. The molecular weight excluding hydrogens is 220 g/mol. The lowest BCUT2D eigenvalue weighted by molar-refractivity contribution is 0.281. The zero-order chi connectivity index (χ0) is 13.0. The highest BCUT2D eigenvalue weighted by atomic mass is 16.3. The van der Waals surface area contributed by atoms with Crippen LogP contribution in [-0.2, 0) is 0 Å². The molecule has 2 aromatic carbocycles. The summed E-state index contributed by atoms with van der Waals surface area (Å²) in [6.07, 6.45) is 0.772. The summed E-state index contributed by atoms with van der Waals surface area (Å²) < 4.78 is 0. The van der Waals surface area contributed by atoms with Gasteiger partial charge in [0.15, 0.2) is 0 Å². The molecule has 0 heterocycles. The van der Waals surface area contributed by atoms with Gasteiger partial charge >= 0.3 is 0 Å². The Morgan fingerprint density at radius 1 is 1.00 bits per heavy atom. The summed E-state index contributed by atoms with van der Waals surface area (Å²) in [5, 5.41) is 9.32. The third-order valence-corrected chi connectivity index (χ3v) is 3.43. The van der Waals surface area contributed by atoms with Gasteiger partial charge in [0.05, 0.1) is 0 Å². The quantitative estimate of drug-likeness (QED) is 0.861. The predicted molar refractivity (Wildman–Crippen MR) is 75.9 cm³/mol. The summed E-state index contributed by atoms with van der Waals surface area (Å²) in [4.78, 5) is 0. The molecule has 0 aliphatic rings. The summed E-state index contributed by atoms with van der Waals surface area (Å²) >= 11 is 0. The van der Waals surface area contributed by atoms with Crippen LogP contribution in [0.25, 0.3) is 0 Å².